The number of carboxylic acids is 5. The third-order valence-electron chi connectivity index (χ3n) is 2.43. The Hall–Kier alpha value is -2.77. The Morgan fingerprint density at radius 1 is 0.654 bits per heavy atom. The normalized spacial score (nSPS) is 13.0. The fourth-order valence-corrected chi connectivity index (χ4v) is 0.836. The van der Waals surface area contributed by atoms with Crippen LogP contribution in [0.1, 0.15) is 26.7 Å². The SMILES string of the molecule is CC(C)[C@H](N)C(=O)O.N[C@@H](CC(=O)O)C(=O)O.N[C@@H](CC(=O)O)C(=O)O. The molecule has 0 rings (SSSR count). The van der Waals surface area contributed by atoms with Crippen LogP contribution in [0, 0.1) is 5.92 Å². The average molecular weight is 383 g/mol. The van der Waals surface area contributed by atoms with Gasteiger partial charge in [-0.15, -0.1) is 0 Å². The van der Waals surface area contributed by atoms with E-state index in [4.69, 9.17) is 42.7 Å². The van der Waals surface area contributed by atoms with E-state index < -0.39 is 60.8 Å². The van der Waals surface area contributed by atoms with Crippen molar-refractivity contribution in [2.45, 2.75) is 44.8 Å². The summed E-state index contributed by atoms with van der Waals surface area (Å²) in [5, 5.41) is 40.3. The molecular weight excluding hydrogens is 358 g/mol. The molecule has 0 aromatic heterocycles. The summed E-state index contributed by atoms with van der Waals surface area (Å²) in [6.45, 7) is 3.55. The second-order valence-electron chi connectivity index (χ2n) is 5.19. The second kappa shape index (κ2) is 14.6. The first-order chi connectivity index (χ1) is 11.6. The van der Waals surface area contributed by atoms with E-state index in [-0.39, 0.29) is 5.92 Å². The minimum atomic E-state index is -1.29. The molecule has 0 aromatic carbocycles. The molecule has 0 aliphatic rings. The van der Waals surface area contributed by atoms with Gasteiger partial charge in [0.05, 0.1) is 12.8 Å². The minimum absolute atomic E-state index is 0.0208. The lowest BCUT2D eigenvalue weighted by Crippen LogP contribution is -2.34. The molecule has 0 fully saturated rings. The van der Waals surface area contributed by atoms with Gasteiger partial charge < -0.3 is 42.7 Å². The molecule has 152 valence electrons. The molecule has 3 atom stereocenters. The van der Waals surface area contributed by atoms with E-state index in [1.807, 2.05) is 0 Å². The Morgan fingerprint density at radius 3 is 0.962 bits per heavy atom. The first-order valence-corrected chi connectivity index (χ1v) is 7.02. The van der Waals surface area contributed by atoms with Gasteiger partial charge in [-0.05, 0) is 5.92 Å². The zero-order valence-corrected chi connectivity index (χ0v) is 14.2. The van der Waals surface area contributed by atoms with Crippen LogP contribution in [0.4, 0.5) is 0 Å². The summed E-state index contributed by atoms with van der Waals surface area (Å²) in [5.74, 6) is -5.91. The molecular formula is C13H25N3O10. The molecule has 0 unspecified atom stereocenters. The van der Waals surface area contributed by atoms with Crippen LogP contribution in [-0.4, -0.2) is 73.5 Å². The number of nitrogens with two attached hydrogens (primary N) is 3. The predicted octanol–water partition coefficient (Wildman–Crippen LogP) is -2.20. The fourth-order valence-electron chi connectivity index (χ4n) is 0.836. The van der Waals surface area contributed by atoms with Crippen LogP contribution in [0.2, 0.25) is 0 Å². The van der Waals surface area contributed by atoms with Crippen LogP contribution in [0.3, 0.4) is 0 Å². The number of carboxylic acid groups (broad SMARTS) is 5. The van der Waals surface area contributed by atoms with Gasteiger partial charge in [0.15, 0.2) is 0 Å². The van der Waals surface area contributed by atoms with E-state index in [9.17, 15) is 24.0 Å². The first kappa shape index (κ1) is 28.1. The van der Waals surface area contributed by atoms with Crippen molar-refractivity contribution < 1.29 is 49.5 Å². The monoisotopic (exact) mass is 383 g/mol. The van der Waals surface area contributed by atoms with Gasteiger partial charge in [0.25, 0.3) is 0 Å². The molecule has 0 amide bonds. The molecule has 0 radical (unpaired) electrons. The zero-order valence-electron chi connectivity index (χ0n) is 14.2. The van der Waals surface area contributed by atoms with Crippen LogP contribution < -0.4 is 17.2 Å². The molecule has 0 saturated heterocycles. The molecule has 26 heavy (non-hydrogen) atoms. The Balaban J connectivity index is -0.000000306. The molecule has 0 aliphatic carbocycles. The van der Waals surface area contributed by atoms with Crippen molar-refractivity contribution in [1.29, 1.82) is 0 Å². The maximum Gasteiger partial charge on any atom is 0.321 e. The van der Waals surface area contributed by atoms with Crippen molar-refractivity contribution in [1.82, 2.24) is 0 Å². The van der Waals surface area contributed by atoms with E-state index >= 15 is 0 Å². The second-order valence-corrected chi connectivity index (χ2v) is 5.19. The lowest BCUT2D eigenvalue weighted by molar-refractivity contribution is -0.144. The largest absolute Gasteiger partial charge is 0.481 e. The molecule has 0 spiro atoms. The van der Waals surface area contributed by atoms with Crippen molar-refractivity contribution in [3.63, 3.8) is 0 Å². The Morgan fingerprint density at radius 2 is 0.923 bits per heavy atom. The number of hydrogen-bond donors (Lipinski definition) is 8. The lowest BCUT2D eigenvalue weighted by atomic mass is 10.1. The summed E-state index contributed by atoms with van der Waals surface area (Å²) in [6.07, 6.45) is -1.06. The molecule has 13 heteroatoms. The standard InChI is InChI=1S/C5H11NO2.2C4H7NO4/c1-3(2)4(6)5(7)8;2*5-2(4(8)9)1-3(6)7/h3-4H,6H2,1-2H3,(H,7,8);2*2H,1,5H2,(H,6,7)(H,8,9)/t4-;2*2-/m000/s1. The molecule has 13 nitrogen and oxygen atoms in total. The highest BCUT2D eigenvalue weighted by molar-refractivity contribution is 5.80. The number of hydrogen-bond acceptors (Lipinski definition) is 8. The van der Waals surface area contributed by atoms with Crippen molar-refractivity contribution in [2.24, 2.45) is 23.1 Å². The molecule has 0 saturated carbocycles. The van der Waals surface area contributed by atoms with Crippen LogP contribution in [-0.2, 0) is 24.0 Å². The van der Waals surface area contributed by atoms with Gasteiger partial charge in [0.2, 0.25) is 0 Å². The third-order valence-corrected chi connectivity index (χ3v) is 2.43. The summed E-state index contributed by atoms with van der Waals surface area (Å²) in [6, 6.07) is -3.29. The maximum absolute atomic E-state index is 10.0. The summed E-state index contributed by atoms with van der Waals surface area (Å²) >= 11 is 0. The van der Waals surface area contributed by atoms with Crippen LogP contribution >= 0.6 is 0 Å². The highest BCUT2D eigenvalue weighted by Gasteiger charge is 2.15. The zero-order chi connectivity index (χ0) is 21.6. The number of aliphatic carboxylic acids is 5. The van der Waals surface area contributed by atoms with E-state index in [2.05, 4.69) is 0 Å². The van der Waals surface area contributed by atoms with Gasteiger partial charge in [-0.3, -0.25) is 24.0 Å². The van der Waals surface area contributed by atoms with Crippen LogP contribution in [0.5, 0.6) is 0 Å². The van der Waals surface area contributed by atoms with E-state index in [0.717, 1.165) is 0 Å². The van der Waals surface area contributed by atoms with Crippen molar-refractivity contribution in [3.8, 4) is 0 Å². The van der Waals surface area contributed by atoms with Crippen molar-refractivity contribution in [2.75, 3.05) is 0 Å². The minimum Gasteiger partial charge on any atom is -0.481 e. The van der Waals surface area contributed by atoms with E-state index in [1.54, 1.807) is 13.8 Å². The van der Waals surface area contributed by atoms with E-state index in [0.29, 0.717) is 0 Å². The van der Waals surface area contributed by atoms with Crippen LogP contribution in [0.15, 0.2) is 0 Å². The molecule has 0 heterocycles. The van der Waals surface area contributed by atoms with Crippen molar-refractivity contribution >= 4 is 29.8 Å². The quantitative estimate of drug-likeness (QED) is 0.221. The topological polar surface area (TPSA) is 265 Å². The lowest BCUT2D eigenvalue weighted by Gasteiger charge is -2.07. The Kier molecular flexibility index (Phi) is 15.7. The molecule has 0 aliphatic heterocycles. The molecule has 0 aromatic rings. The molecule has 0 bridgehead atoms. The summed E-state index contributed by atoms with van der Waals surface area (Å²) in [5.41, 5.74) is 14.8. The molecule has 11 N–H and O–H groups in total. The van der Waals surface area contributed by atoms with Gasteiger partial charge in [-0.25, -0.2) is 0 Å². The third kappa shape index (κ3) is 19.3. The Labute approximate surface area is 148 Å². The summed E-state index contributed by atoms with van der Waals surface area (Å²) < 4.78 is 0. The maximum atomic E-state index is 10.0. The average Bonchev–Trinajstić information content (AvgIpc) is 2.45. The smallest absolute Gasteiger partial charge is 0.321 e. The van der Waals surface area contributed by atoms with Crippen molar-refractivity contribution in [3.05, 3.63) is 0 Å². The van der Waals surface area contributed by atoms with Gasteiger partial charge >= 0.3 is 29.8 Å². The summed E-state index contributed by atoms with van der Waals surface area (Å²) in [7, 11) is 0. The fraction of sp³-hybridized carbons (Fsp3) is 0.615. The van der Waals surface area contributed by atoms with Gasteiger partial charge in [0, 0.05) is 0 Å². The first-order valence-electron chi connectivity index (χ1n) is 7.02. The van der Waals surface area contributed by atoms with Gasteiger partial charge in [0.1, 0.15) is 18.1 Å². The number of rotatable bonds is 8. The van der Waals surface area contributed by atoms with E-state index in [1.165, 1.54) is 0 Å². The predicted molar refractivity (Wildman–Crippen MR) is 86.2 cm³/mol. The highest BCUT2D eigenvalue weighted by Crippen LogP contribution is 1.96. The highest BCUT2D eigenvalue weighted by atomic mass is 16.4. The number of carbonyl (C=O) groups is 5. The van der Waals surface area contributed by atoms with Gasteiger partial charge in [-0.2, -0.15) is 0 Å². The Bertz CT molecular complexity index is 463. The van der Waals surface area contributed by atoms with Crippen LogP contribution in [0.25, 0.3) is 0 Å². The van der Waals surface area contributed by atoms with Gasteiger partial charge in [-0.1, -0.05) is 13.8 Å². The summed E-state index contributed by atoms with van der Waals surface area (Å²) in [4.78, 5) is 49.3.